The van der Waals surface area contributed by atoms with Crippen molar-refractivity contribution in [3.05, 3.63) is 23.2 Å². The van der Waals surface area contributed by atoms with E-state index >= 15 is 0 Å². The Morgan fingerprint density at radius 2 is 2.28 bits per heavy atom. The van der Waals surface area contributed by atoms with E-state index in [1.807, 2.05) is 0 Å². The number of nitrogens with zero attached hydrogens (tertiary/aromatic N) is 1. The lowest BCUT2D eigenvalue weighted by Crippen LogP contribution is -2.35. The Morgan fingerprint density at radius 3 is 3.11 bits per heavy atom. The average molecular weight is 268 g/mol. The number of hydrogen-bond acceptors (Lipinski definition) is 4. The topological polar surface area (TPSA) is 73.7 Å². The van der Waals surface area contributed by atoms with Gasteiger partial charge in [-0.05, 0) is 31.0 Å². The molecule has 1 aliphatic rings. The first kappa shape index (κ1) is 12.7. The first-order valence-electron chi connectivity index (χ1n) is 5.75. The van der Waals surface area contributed by atoms with E-state index in [1.54, 1.807) is 6.07 Å². The summed E-state index contributed by atoms with van der Waals surface area (Å²) in [6.07, 6.45) is 1.95. The van der Waals surface area contributed by atoms with Crippen LogP contribution in [0, 0.1) is 0 Å². The molecule has 0 unspecified atom stereocenters. The molecule has 5 nitrogen and oxygen atoms in total. The van der Waals surface area contributed by atoms with E-state index in [-0.39, 0.29) is 17.3 Å². The van der Waals surface area contributed by atoms with Gasteiger partial charge in [-0.3, -0.25) is 9.79 Å². The van der Waals surface area contributed by atoms with Crippen LogP contribution >= 0.6 is 11.6 Å². The summed E-state index contributed by atoms with van der Waals surface area (Å²) in [5.74, 6) is -0.0942. The van der Waals surface area contributed by atoms with Crippen molar-refractivity contribution in [2.45, 2.75) is 12.8 Å². The van der Waals surface area contributed by atoms with Crippen LogP contribution in [0.25, 0.3) is 0 Å². The van der Waals surface area contributed by atoms with Crippen LogP contribution in [0.15, 0.2) is 23.2 Å². The fraction of sp³-hybridized carbons (Fsp3) is 0.333. The largest absolute Gasteiger partial charge is 0.506 e. The van der Waals surface area contributed by atoms with Gasteiger partial charge in [-0.2, -0.15) is 0 Å². The maximum Gasteiger partial charge on any atom is 0.290 e. The van der Waals surface area contributed by atoms with E-state index in [9.17, 15) is 9.90 Å². The van der Waals surface area contributed by atoms with Crippen LogP contribution in [0.3, 0.4) is 0 Å². The molecule has 0 saturated heterocycles. The number of aliphatic imine (C=N–C) groups is 1. The molecule has 3 N–H and O–H groups in total. The number of halogens is 1. The number of phenols is 1. The highest BCUT2D eigenvalue weighted by molar-refractivity contribution is 6.42. The van der Waals surface area contributed by atoms with Crippen molar-refractivity contribution >= 4 is 29.0 Å². The number of aromatic hydroxyl groups is 1. The lowest BCUT2D eigenvalue weighted by molar-refractivity contribution is -0.110. The number of benzene rings is 1. The van der Waals surface area contributed by atoms with Gasteiger partial charge in [0.15, 0.2) is 5.84 Å². The van der Waals surface area contributed by atoms with Crippen LogP contribution in [0.4, 0.5) is 5.69 Å². The van der Waals surface area contributed by atoms with Gasteiger partial charge in [-0.1, -0.05) is 11.6 Å². The van der Waals surface area contributed by atoms with E-state index in [0.29, 0.717) is 17.4 Å². The highest BCUT2D eigenvalue weighted by atomic mass is 35.5. The van der Waals surface area contributed by atoms with E-state index in [2.05, 4.69) is 15.6 Å². The standard InChI is InChI=1S/C12H14ClN3O2/c13-8-3-4-10(17)9(7-8)16-12(18)11-14-5-1-2-6-15-11/h3-4,7,17H,1-2,5-6H2,(H,14,15)(H,16,18). The van der Waals surface area contributed by atoms with Gasteiger partial charge in [-0.15, -0.1) is 0 Å². The van der Waals surface area contributed by atoms with Gasteiger partial charge in [0.2, 0.25) is 0 Å². The van der Waals surface area contributed by atoms with Crippen LogP contribution in [-0.4, -0.2) is 29.9 Å². The maximum absolute atomic E-state index is 11.9. The van der Waals surface area contributed by atoms with Crippen molar-refractivity contribution in [1.29, 1.82) is 0 Å². The quantitative estimate of drug-likeness (QED) is 0.715. The molecule has 0 atom stereocenters. The number of anilines is 1. The third kappa shape index (κ3) is 3.13. The molecular weight excluding hydrogens is 254 g/mol. The van der Waals surface area contributed by atoms with Gasteiger partial charge in [-0.25, -0.2) is 0 Å². The predicted octanol–water partition coefficient (Wildman–Crippen LogP) is 1.77. The van der Waals surface area contributed by atoms with Crippen LogP contribution < -0.4 is 10.6 Å². The Hall–Kier alpha value is -1.75. The summed E-state index contributed by atoms with van der Waals surface area (Å²) < 4.78 is 0. The van der Waals surface area contributed by atoms with Gasteiger partial charge in [0.1, 0.15) is 5.75 Å². The molecule has 1 heterocycles. The number of carbonyl (C=O) groups is 1. The molecule has 18 heavy (non-hydrogen) atoms. The van der Waals surface area contributed by atoms with Crippen LogP contribution in [-0.2, 0) is 4.79 Å². The second-order valence-corrected chi connectivity index (χ2v) is 4.42. The Morgan fingerprint density at radius 1 is 1.44 bits per heavy atom. The van der Waals surface area contributed by atoms with E-state index < -0.39 is 0 Å². The Bertz CT molecular complexity index is 488. The number of carbonyl (C=O) groups excluding carboxylic acids is 1. The molecule has 1 aromatic carbocycles. The summed E-state index contributed by atoms with van der Waals surface area (Å²) in [4.78, 5) is 16.1. The summed E-state index contributed by atoms with van der Waals surface area (Å²) in [6.45, 7) is 1.37. The van der Waals surface area contributed by atoms with Gasteiger partial charge < -0.3 is 15.7 Å². The molecular formula is C12H14ClN3O2. The minimum Gasteiger partial charge on any atom is -0.506 e. The zero-order chi connectivity index (χ0) is 13.0. The highest BCUT2D eigenvalue weighted by Gasteiger charge is 2.14. The normalized spacial score (nSPS) is 15.3. The van der Waals surface area contributed by atoms with Crippen molar-refractivity contribution in [3.63, 3.8) is 0 Å². The zero-order valence-corrected chi connectivity index (χ0v) is 10.5. The summed E-state index contributed by atoms with van der Waals surface area (Å²) in [5.41, 5.74) is 0.279. The molecule has 0 bridgehead atoms. The molecule has 0 saturated carbocycles. The van der Waals surface area contributed by atoms with E-state index in [1.165, 1.54) is 12.1 Å². The minimum atomic E-state index is -0.366. The SMILES string of the molecule is O=C(Nc1cc(Cl)ccc1O)C1=NCCCCN1. The molecule has 1 aliphatic heterocycles. The van der Waals surface area contributed by atoms with Crippen molar-refractivity contribution in [1.82, 2.24) is 5.32 Å². The molecule has 0 aliphatic carbocycles. The van der Waals surface area contributed by atoms with Gasteiger partial charge >= 0.3 is 0 Å². The smallest absolute Gasteiger partial charge is 0.290 e. The fourth-order valence-corrected chi connectivity index (χ4v) is 1.80. The second-order valence-electron chi connectivity index (χ2n) is 3.98. The molecule has 0 fully saturated rings. The number of rotatable bonds is 2. The monoisotopic (exact) mass is 267 g/mol. The predicted molar refractivity (Wildman–Crippen MR) is 71.3 cm³/mol. The zero-order valence-electron chi connectivity index (χ0n) is 9.74. The molecule has 0 aromatic heterocycles. The minimum absolute atomic E-state index is 0.0260. The van der Waals surface area contributed by atoms with Gasteiger partial charge in [0, 0.05) is 18.1 Å². The lowest BCUT2D eigenvalue weighted by atomic mass is 10.3. The molecule has 1 amide bonds. The summed E-state index contributed by atoms with van der Waals surface area (Å²) in [5, 5.41) is 15.6. The van der Waals surface area contributed by atoms with Crippen LogP contribution in [0.2, 0.25) is 5.02 Å². The third-order valence-corrected chi connectivity index (χ3v) is 2.80. The fourth-order valence-electron chi connectivity index (χ4n) is 1.63. The van der Waals surface area contributed by atoms with E-state index in [0.717, 1.165) is 19.4 Å². The highest BCUT2D eigenvalue weighted by Crippen LogP contribution is 2.26. The summed E-state index contributed by atoms with van der Waals surface area (Å²) >= 11 is 5.80. The molecule has 1 aromatic rings. The third-order valence-electron chi connectivity index (χ3n) is 2.57. The van der Waals surface area contributed by atoms with Gasteiger partial charge in [0.25, 0.3) is 5.91 Å². The average Bonchev–Trinajstić information content (AvgIpc) is 2.62. The van der Waals surface area contributed by atoms with Crippen molar-refractivity contribution in [2.24, 2.45) is 4.99 Å². The summed E-state index contributed by atoms with van der Waals surface area (Å²) in [6, 6.07) is 4.47. The first-order chi connectivity index (χ1) is 8.66. The molecule has 0 spiro atoms. The van der Waals surface area contributed by atoms with Crippen molar-refractivity contribution < 1.29 is 9.90 Å². The number of amidine groups is 1. The molecule has 2 rings (SSSR count). The number of amides is 1. The number of nitrogens with one attached hydrogen (secondary N) is 2. The van der Waals surface area contributed by atoms with Crippen LogP contribution in [0.1, 0.15) is 12.8 Å². The number of phenolic OH excluding ortho intramolecular Hbond substituents is 1. The molecule has 0 radical (unpaired) electrons. The molecule has 96 valence electrons. The Kier molecular flexibility index (Phi) is 4.04. The second kappa shape index (κ2) is 5.73. The molecule has 6 heteroatoms. The van der Waals surface area contributed by atoms with Crippen molar-refractivity contribution in [2.75, 3.05) is 18.4 Å². The first-order valence-corrected chi connectivity index (χ1v) is 6.13. The van der Waals surface area contributed by atoms with Crippen molar-refractivity contribution in [3.8, 4) is 5.75 Å². The summed E-state index contributed by atoms with van der Waals surface area (Å²) in [7, 11) is 0. The van der Waals surface area contributed by atoms with Crippen LogP contribution in [0.5, 0.6) is 5.75 Å². The number of hydrogen-bond donors (Lipinski definition) is 3. The Balaban J connectivity index is 2.10. The lowest BCUT2D eigenvalue weighted by Gasteiger charge is -2.09. The Labute approximate surface area is 110 Å². The van der Waals surface area contributed by atoms with E-state index in [4.69, 9.17) is 11.6 Å². The van der Waals surface area contributed by atoms with Gasteiger partial charge in [0.05, 0.1) is 5.69 Å². The maximum atomic E-state index is 11.9.